The second-order valence-electron chi connectivity index (χ2n) is 12.5. The van der Waals surface area contributed by atoms with Crippen molar-refractivity contribution >= 4 is 21.7 Å². The number of carbonyl (C=O) groups excluding carboxylic acids is 1. The topological polar surface area (TPSA) is 106 Å². The first-order valence-corrected chi connectivity index (χ1v) is 15.9. The molecule has 1 aromatic heterocycles. The van der Waals surface area contributed by atoms with Gasteiger partial charge in [-0.2, -0.15) is 0 Å². The van der Waals surface area contributed by atoms with Crippen molar-refractivity contribution in [1.29, 1.82) is 0 Å². The third-order valence-corrected chi connectivity index (χ3v) is 11.2. The number of piperazine rings is 1. The van der Waals surface area contributed by atoms with Gasteiger partial charge in [-0.1, -0.05) is 6.07 Å². The normalized spacial score (nSPS) is 37.2. The van der Waals surface area contributed by atoms with Crippen LogP contribution in [0, 0.1) is 17.8 Å². The van der Waals surface area contributed by atoms with Gasteiger partial charge in [-0.25, -0.2) is 17.7 Å². The third-order valence-electron chi connectivity index (χ3n) is 9.87. The average molecular weight is 532 g/mol. The molecule has 1 aromatic rings. The highest BCUT2D eigenvalue weighted by molar-refractivity contribution is 7.88. The summed E-state index contributed by atoms with van der Waals surface area (Å²) in [5, 5.41) is 14.2. The van der Waals surface area contributed by atoms with Gasteiger partial charge in [0.05, 0.1) is 11.9 Å². The Morgan fingerprint density at radius 2 is 1.78 bits per heavy atom. The van der Waals surface area contributed by atoms with Crippen molar-refractivity contribution in [3.63, 3.8) is 0 Å². The second kappa shape index (κ2) is 9.47. The predicted molar refractivity (Wildman–Crippen MR) is 142 cm³/mol. The van der Waals surface area contributed by atoms with E-state index >= 15 is 0 Å². The standard InChI is InChI=1S/C27H41N5O4S/c1-18-17-30(22-6-8-31(9-7-22)37(2,35)36)10-11-32(18)24-5-3-4-23(28-24)26(33)29-25-20-12-19-13-21(25)16-27(34,14-19)15-20/h3-5,18-22,25,34H,6-17H2,1-2H3,(H,29,33)/t18-,19?,20?,21?,25?,27?/m1/s1. The number of pyridine rings is 1. The van der Waals surface area contributed by atoms with Crippen molar-refractivity contribution in [2.45, 2.75) is 75.6 Å². The van der Waals surface area contributed by atoms with Gasteiger partial charge in [0.25, 0.3) is 5.91 Å². The number of carbonyl (C=O) groups is 1. The Morgan fingerprint density at radius 1 is 1.08 bits per heavy atom. The van der Waals surface area contributed by atoms with Crippen LogP contribution in [0.4, 0.5) is 5.82 Å². The van der Waals surface area contributed by atoms with E-state index in [1.54, 1.807) is 10.4 Å². The van der Waals surface area contributed by atoms with E-state index < -0.39 is 15.6 Å². The van der Waals surface area contributed by atoms with E-state index in [9.17, 15) is 18.3 Å². The molecule has 6 fully saturated rings. The number of piperidine rings is 1. The molecular weight excluding hydrogens is 490 g/mol. The molecule has 3 heterocycles. The van der Waals surface area contributed by atoms with E-state index in [4.69, 9.17) is 4.98 Å². The van der Waals surface area contributed by atoms with Gasteiger partial charge >= 0.3 is 0 Å². The summed E-state index contributed by atoms with van der Waals surface area (Å²) in [5.74, 6) is 2.10. The summed E-state index contributed by atoms with van der Waals surface area (Å²) in [4.78, 5) is 22.9. The Hall–Kier alpha value is -1.75. The molecule has 7 rings (SSSR count). The lowest BCUT2D eigenvalue weighted by molar-refractivity contribution is -0.136. The van der Waals surface area contributed by atoms with Crippen molar-refractivity contribution in [1.82, 2.24) is 19.5 Å². The number of aliphatic hydroxyl groups is 1. The third kappa shape index (κ3) is 5.02. The van der Waals surface area contributed by atoms with Crippen LogP contribution in [0.15, 0.2) is 18.2 Å². The van der Waals surface area contributed by atoms with Crippen LogP contribution in [0.2, 0.25) is 0 Å². The van der Waals surface area contributed by atoms with Crippen molar-refractivity contribution in [2.24, 2.45) is 17.8 Å². The lowest BCUT2D eigenvalue weighted by Gasteiger charge is -2.58. The highest BCUT2D eigenvalue weighted by Gasteiger charge is 2.55. The van der Waals surface area contributed by atoms with E-state index in [1.165, 1.54) is 6.26 Å². The Bertz CT molecular complexity index is 1120. The maximum atomic E-state index is 13.3. The van der Waals surface area contributed by atoms with E-state index in [0.717, 1.165) is 70.4 Å². The monoisotopic (exact) mass is 531 g/mol. The molecule has 9 nitrogen and oxygen atoms in total. The first-order chi connectivity index (χ1) is 17.6. The molecular formula is C27H41N5O4S. The maximum absolute atomic E-state index is 13.3. The molecule has 0 radical (unpaired) electrons. The molecule has 204 valence electrons. The Balaban J connectivity index is 1.07. The summed E-state index contributed by atoms with van der Waals surface area (Å²) in [6.45, 7) is 6.03. The van der Waals surface area contributed by atoms with Crippen molar-refractivity contribution < 1.29 is 18.3 Å². The molecule has 4 saturated carbocycles. The van der Waals surface area contributed by atoms with Crippen LogP contribution in [0.1, 0.15) is 62.4 Å². The maximum Gasteiger partial charge on any atom is 0.270 e. The molecule has 37 heavy (non-hydrogen) atoms. The number of nitrogens with zero attached hydrogens (tertiary/aromatic N) is 4. The van der Waals surface area contributed by atoms with Gasteiger partial charge in [-0.05, 0) is 81.8 Å². The summed E-state index contributed by atoms with van der Waals surface area (Å²) in [6, 6.07) is 6.53. The van der Waals surface area contributed by atoms with Crippen LogP contribution < -0.4 is 10.2 Å². The van der Waals surface area contributed by atoms with E-state index in [-0.39, 0.29) is 18.0 Å². The van der Waals surface area contributed by atoms with E-state index in [0.29, 0.717) is 42.6 Å². The molecule has 2 aliphatic heterocycles. The summed E-state index contributed by atoms with van der Waals surface area (Å²) in [7, 11) is -3.11. The lowest BCUT2D eigenvalue weighted by Crippen LogP contribution is -2.61. The summed E-state index contributed by atoms with van der Waals surface area (Å²) in [6.07, 6.45) is 7.84. The summed E-state index contributed by atoms with van der Waals surface area (Å²) < 4.78 is 25.3. The van der Waals surface area contributed by atoms with Gasteiger partial charge < -0.3 is 15.3 Å². The zero-order valence-corrected chi connectivity index (χ0v) is 22.9. The van der Waals surface area contributed by atoms with Crippen LogP contribution in [0.25, 0.3) is 0 Å². The molecule has 1 amide bonds. The number of anilines is 1. The number of amides is 1. The van der Waals surface area contributed by atoms with Gasteiger partial charge in [-0.15, -0.1) is 0 Å². The zero-order valence-electron chi connectivity index (χ0n) is 22.1. The minimum absolute atomic E-state index is 0.102. The molecule has 0 spiro atoms. The van der Waals surface area contributed by atoms with Gasteiger partial charge in [-0.3, -0.25) is 9.69 Å². The molecule has 2 N–H and O–H groups in total. The fourth-order valence-electron chi connectivity index (χ4n) is 8.35. The van der Waals surface area contributed by atoms with Crippen LogP contribution in [-0.4, -0.2) is 96.3 Å². The molecule has 4 aliphatic carbocycles. The number of sulfonamides is 1. The molecule has 4 bridgehead atoms. The number of hydrogen-bond donors (Lipinski definition) is 2. The number of rotatable bonds is 5. The summed E-state index contributed by atoms with van der Waals surface area (Å²) >= 11 is 0. The second-order valence-corrected chi connectivity index (χ2v) is 14.5. The Morgan fingerprint density at radius 3 is 2.41 bits per heavy atom. The lowest BCUT2D eigenvalue weighted by atomic mass is 9.52. The molecule has 6 aliphatic rings. The number of nitrogens with one attached hydrogen (secondary N) is 1. The Labute approximate surface area is 220 Å². The first kappa shape index (κ1) is 25.5. The molecule has 0 aromatic carbocycles. The minimum Gasteiger partial charge on any atom is -0.390 e. The highest BCUT2D eigenvalue weighted by Crippen LogP contribution is 2.55. The highest BCUT2D eigenvalue weighted by atomic mass is 32.2. The van der Waals surface area contributed by atoms with Crippen LogP contribution in [-0.2, 0) is 10.0 Å². The minimum atomic E-state index is -3.11. The van der Waals surface area contributed by atoms with Crippen LogP contribution in [0.3, 0.4) is 0 Å². The van der Waals surface area contributed by atoms with Gasteiger partial charge in [0, 0.05) is 50.8 Å². The number of hydrogen-bond acceptors (Lipinski definition) is 7. The fraction of sp³-hybridized carbons (Fsp3) is 0.778. The molecule has 3 atom stereocenters. The van der Waals surface area contributed by atoms with Gasteiger partial charge in [0.2, 0.25) is 10.0 Å². The van der Waals surface area contributed by atoms with E-state index in [2.05, 4.69) is 22.0 Å². The molecule has 10 heteroatoms. The van der Waals surface area contributed by atoms with Crippen molar-refractivity contribution in [3.05, 3.63) is 23.9 Å². The SMILES string of the molecule is C[C@@H]1CN(C2CCN(S(C)(=O)=O)CC2)CCN1c1cccc(C(=O)NC2C3CC4CC2CC(O)(C4)C3)n1. The smallest absolute Gasteiger partial charge is 0.270 e. The van der Waals surface area contributed by atoms with Crippen LogP contribution >= 0.6 is 0 Å². The Kier molecular flexibility index (Phi) is 6.53. The molecule has 2 unspecified atom stereocenters. The predicted octanol–water partition coefficient (Wildman–Crippen LogP) is 1.69. The van der Waals surface area contributed by atoms with Gasteiger partial charge in [0.15, 0.2) is 0 Å². The summed E-state index contributed by atoms with van der Waals surface area (Å²) in [5.41, 5.74) is -0.0355. The van der Waals surface area contributed by atoms with Gasteiger partial charge in [0.1, 0.15) is 11.5 Å². The largest absolute Gasteiger partial charge is 0.390 e. The van der Waals surface area contributed by atoms with E-state index in [1.807, 2.05) is 12.1 Å². The first-order valence-electron chi connectivity index (χ1n) is 14.0. The van der Waals surface area contributed by atoms with Crippen LogP contribution in [0.5, 0.6) is 0 Å². The van der Waals surface area contributed by atoms with Crippen molar-refractivity contribution in [3.8, 4) is 0 Å². The number of aromatic nitrogens is 1. The quantitative estimate of drug-likeness (QED) is 0.596. The molecule has 2 saturated heterocycles. The fourth-order valence-corrected chi connectivity index (χ4v) is 9.22. The van der Waals surface area contributed by atoms with Crippen molar-refractivity contribution in [2.75, 3.05) is 43.9 Å². The average Bonchev–Trinajstić information content (AvgIpc) is 2.85. The zero-order chi connectivity index (χ0) is 25.9.